The zero-order chi connectivity index (χ0) is 14.7. The molecule has 0 aliphatic carbocycles. The van der Waals surface area contributed by atoms with Gasteiger partial charge in [0.15, 0.2) is 5.82 Å². The molecule has 6 nitrogen and oxygen atoms in total. The Balaban J connectivity index is 2.27. The van der Waals surface area contributed by atoms with Crippen LogP contribution in [-0.4, -0.2) is 20.1 Å². The molecule has 0 aromatic carbocycles. The molecule has 0 aliphatic rings. The van der Waals surface area contributed by atoms with E-state index in [0.29, 0.717) is 33.8 Å². The van der Waals surface area contributed by atoms with Crippen LogP contribution in [0.5, 0.6) is 0 Å². The first-order chi connectivity index (χ1) is 9.55. The number of nitriles is 1. The zero-order valence-corrected chi connectivity index (χ0v) is 12.7. The normalized spacial score (nSPS) is 12.2. The lowest BCUT2D eigenvalue weighted by molar-refractivity contribution is 0.375. The molecule has 0 N–H and O–H groups in total. The van der Waals surface area contributed by atoms with Gasteiger partial charge in [0.25, 0.3) is 0 Å². The van der Waals surface area contributed by atoms with Gasteiger partial charge in [0.05, 0.1) is 10.9 Å². The van der Waals surface area contributed by atoms with Gasteiger partial charge in [-0.15, -0.1) is 0 Å². The molecule has 2 heterocycles. The van der Waals surface area contributed by atoms with E-state index in [1.54, 1.807) is 0 Å². The van der Waals surface area contributed by atoms with E-state index in [2.05, 4.69) is 26.2 Å². The highest BCUT2D eigenvalue weighted by molar-refractivity contribution is 7.99. The minimum Gasteiger partial charge on any atom is -0.338 e. The monoisotopic (exact) mass is 289 g/mol. The van der Waals surface area contributed by atoms with Gasteiger partial charge in [0.2, 0.25) is 5.89 Å². The van der Waals surface area contributed by atoms with Crippen LogP contribution in [-0.2, 0) is 6.42 Å². The average Bonchev–Trinajstić information content (AvgIpc) is 2.87. The van der Waals surface area contributed by atoms with E-state index >= 15 is 0 Å². The van der Waals surface area contributed by atoms with E-state index in [1.807, 2.05) is 27.7 Å². The van der Waals surface area contributed by atoms with Gasteiger partial charge in [0.1, 0.15) is 22.5 Å². The molecule has 1 unspecified atom stereocenters. The Bertz CT molecular complexity index is 661. The average molecular weight is 289 g/mol. The third-order valence-electron chi connectivity index (χ3n) is 2.72. The standard InChI is InChI=1S/C13H15N5OS/c1-5-11-17-12(19-18-11)8(3)20-13-10(6-14)7(2)15-9(4)16-13/h8H,5H2,1-4H3. The fraction of sp³-hybridized carbons (Fsp3) is 0.462. The predicted octanol–water partition coefficient (Wildman–Crippen LogP) is 2.76. The fourth-order valence-electron chi connectivity index (χ4n) is 1.69. The molecular formula is C13H15N5OS. The molecule has 2 aromatic rings. The van der Waals surface area contributed by atoms with Gasteiger partial charge in [0, 0.05) is 6.42 Å². The Labute approximate surface area is 121 Å². The van der Waals surface area contributed by atoms with Crippen LogP contribution < -0.4 is 0 Å². The summed E-state index contributed by atoms with van der Waals surface area (Å²) in [4.78, 5) is 12.8. The third kappa shape index (κ3) is 2.96. The summed E-state index contributed by atoms with van der Waals surface area (Å²) in [7, 11) is 0. The van der Waals surface area contributed by atoms with E-state index in [4.69, 9.17) is 4.52 Å². The van der Waals surface area contributed by atoms with Crippen molar-refractivity contribution in [2.75, 3.05) is 0 Å². The molecule has 0 spiro atoms. The van der Waals surface area contributed by atoms with Crippen molar-refractivity contribution in [3.05, 3.63) is 28.8 Å². The van der Waals surface area contributed by atoms with Crippen molar-refractivity contribution < 1.29 is 4.52 Å². The first kappa shape index (κ1) is 14.5. The van der Waals surface area contributed by atoms with Crippen molar-refractivity contribution in [2.45, 2.75) is 44.4 Å². The summed E-state index contributed by atoms with van der Waals surface area (Å²) >= 11 is 1.43. The molecule has 7 heteroatoms. The lowest BCUT2D eigenvalue weighted by atomic mass is 10.3. The minimum atomic E-state index is -0.0661. The number of hydrogen-bond acceptors (Lipinski definition) is 7. The third-order valence-corrected chi connectivity index (χ3v) is 3.79. The number of rotatable bonds is 4. The van der Waals surface area contributed by atoms with Crippen molar-refractivity contribution >= 4 is 11.8 Å². The lowest BCUT2D eigenvalue weighted by Crippen LogP contribution is -2.00. The second-order valence-corrected chi connectivity index (χ2v) is 5.64. The Hall–Kier alpha value is -1.94. The van der Waals surface area contributed by atoms with E-state index in [0.717, 1.165) is 6.42 Å². The van der Waals surface area contributed by atoms with Crippen molar-refractivity contribution in [1.29, 1.82) is 5.26 Å². The summed E-state index contributed by atoms with van der Waals surface area (Å²) in [5, 5.41) is 13.7. The van der Waals surface area contributed by atoms with Crippen LogP contribution in [0, 0.1) is 25.2 Å². The van der Waals surface area contributed by atoms with Crippen LogP contribution in [0.4, 0.5) is 0 Å². The molecular weight excluding hydrogens is 274 g/mol. The molecule has 0 amide bonds. The topological polar surface area (TPSA) is 88.5 Å². The second kappa shape index (κ2) is 6.01. The number of aryl methyl sites for hydroxylation is 3. The van der Waals surface area contributed by atoms with Crippen LogP contribution in [0.25, 0.3) is 0 Å². The van der Waals surface area contributed by atoms with Gasteiger partial charge in [-0.05, 0) is 20.8 Å². The number of thioether (sulfide) groups is 1. The highest BCUT2D eigenvalue weighted by Gasteiger charge is 2.19. The van der Waals surface area contributed by atoms with Crippen molar-refractivity contribution in [1.82, 2.24) is 20.1 Å². The molecule has 1 atom stereocenters. The zero-order valence-electron chi connectivity index (χ0n) is 11.8. The molecule has 0 radical (unpaired) electrons. The number of hydrogen-bond donors (Lipinski definition) is 0. The molecule has 0 bridgehead atoms. The number of aromatic nitrogens is 4. The lowest BCUT2D eigenvalue weighted by Gasteiger charge is -2.09. The molecule has 20 heavy (non-hydrogen) atoms. The van der Waals surface area contributed by atoms with Gasteiger partial charge in [-0.1, -0.05) is 23.8 Å². The highest BCUT2D eigenvalue weighted by atomic mass is 32.2. The number of nitrogens with zero attached hydrogens (tertiary/aromatic N) is 5. The van der Waals surface area contributed by atoms with Crippen molar-refractivity contribution in [3.63, 3.8) is 0 Å². The van der Waals surface area contributed by atoms with E-state index < -0.39 is 0 Å². The summed E-state index contributed by atoms with van der Waals surface area (Å²) in [5.41, 5.74) is 1.19. The summed E-state index contributed by atoms with van der Waals surface area (Å²) in [6.45, 7) is 7.54. The quantitative estimate of drug-likeness (QED) is 0.631. The summed E-state index contributed by atoms with van der Waals surface area (Å²) in [6.07, 6.45) is 0.732. The first-order valence-electron chi connectivity index (χ1n) is 6.29. The van der Waals surface area contributed by atoms with Crippen LogP contribution in [0.1, 0.15) is 47.9 Å². The van der Waals surface area contributed by atoms with Crippen molar-refractivity contribution in [2.24, 2.45) is 0 Å². The van der Waals surface area contributed by atoms with Crippen LogP contribution in [0.3, 0.4) is 0 Å². The van der Waals surface area contributed by atoms with E-state index in [-0.39, 0.29) is 5.25 Å². The molecule has 0 fully saturated rings. The molecule has 2 aromatic heterocycles. The Morgan fingerprint density at radius 2 is 2.05 bits per heavy atom. The van der Waals surface area contributed by atoms with Crippen LogP contribution in [0.15, 0.2) is 9.55 Å². The van der Waals surface area contributed by atoms with Gasteiger partial charge in [-0.3, -0.25) is 0 Å². The highest BCUT2D eigenvalue weighted by Crippen LogP contribution is 2.35. The van der Waals surface area contributed by atoms with E-state index in [1.165, 1.54) is 11.8 Å². The van der Waals surface area contributed by atoms with Gasteiger partial charge >= 0.3 is 0 Å². The van der Waals surface area contributed by atoms with Crippen LogP contribution >= 0.6 is 11.8 Å². The Morgan fingerprint density at radius 3 is 2.65 bits per heavy atom. The molecule has 2 rings (SSSR count). The predicted molar refractivity (Wildman–Crippen MR) is 74.2 cm³/mol. The minimum absolute atomic E-state index is 0.0661. The molecule has 104 valence electrons. The van der Waals surface area contributed by atoms with Gasteiger partial charge < -0.3 is 4.52 Å². The SMILES string of the molecule is CCc1noc(C(C)Sc2nc(C)nc(C)c2C#N)n1. The van der Waals surface area contributed by atoms with E-state index in [9.17, 15) is 5.26 Å². The first-order valence-corrected chi connectivity index (χ1v) is 7.17. The Kier molecular flexibility index (Phi) is 4.35. The summed E-state index contributed by atoms with van der Waals surface area (Å²) < 4.78 is 5.22. The molecule has 0 aliphatic heterocycles. The second-order valence-electron chi connectivity index (χ2n) is 4.31. The van der Waals surface area contributed by atoms with Crippen molar-refractivity contribution in [3.8, 4) is 6.07 Å². The summed E-state index contributed by atoms with van der Waals surface area (Å²) in [5.74, 6) is 1.88. The Morgan fingerprint density at radius 1 is 1.30 bits per heavy atom. The van der Waals surface area contributed by atoms with Gasteiger partial charge in [-0.2, -0.15) is 10.2 Å². The van der Waals surface area contributed by atoms with Gasteiger partial charge in [-0.25, -0.2) is 9.97 Å². The van der Waals surface area contributed by atoms with Crippen LogP contribution in [0.2, 0.25) is 0 Å². The smallest absolute Gasteiger partial charge is 0.239 e. The molecule has 0 saturated heterocycles. The maximum Gasteiger partial charge on any atom is 0.239 e. The maximum atomic E-state index is 9.22. The molecule has 0 saturated carbocycles. The fourth-order valence-corrected chi connectivity index (χ4v) is 2.72. The largest absolute Gasteiger partial charge is 0.338 e. The summed E-state index contributed by atoms with van der Waals surface area (Å²) in [6, 6.07) is 2.15. The maximum absolute atomic E-state index is 9.22.